The largest absolute Gasteiger partial charge is 0.478 e. The Bertz CT molecular complexity index is 1110. The molecular formula is C23H21ClN2O3S. The number of aromatic nitrogens is 1. The number of thiazole rings is 1. The van der Waals surface area contributed by atoms with Crippen molar-refractivity contribution in [3.8, 4) is 0 Å². The lowest BCUT2D eigenvalue weighted by Crippen LogP contribution is -2.16. The lowest BCUT2D eigenvalue weighted by molar-refractivity contribution is -0.115. The zero-order valence-electron chi connectivity index (χ0n) is 16.6. The van der Waals surface area contributed by atoms with Crippen molar-refractivity contribution in [3.63, 3.8) is 0 Å². The molecule has 1 aromatic heterocycles. The summed E-state index contributed by atoms with van der Waals surface area (Å²) < 4.78 is 0.701. The van der Waals surface area contributed by atoms with E-state index in [9.17, 15) is 14.7 Å². The van der Waals surface area contributed by atoms with Crippen molar-refractivity contribution in [2.24, 2.45) is 0 Å². The second-order valence-electron chi connectivity index (χ2n) is 7.01. The summed E-state index contributed by atoms with van der Waals surface area (Å²) in [5, 5.41) is 12.9. The first kappa shape index (κ1) is 21.7. The van der Waals surface area contributed by atoms with E-state index < -0.39 is 5.97 Å². The fourth-order valence-electron chi connectivity index (χ4n) is 2.91. The third-order valence-corrected chi connectivity index (χ3v) is 5.61. The number of anilines is 1. The van der Waals surface area contributed by atoms with Crippen LogP contribution >= 0.6 is 22.9 Å². The van der Waals surface area contributed by atoms with Gasteiger partial charge in [0.25, 0.3) is 0 Å². The maximum Gasteiger partial charge on any atom is 0.335 e. The molecule has 2 aromatic carbocycles. The predicted molar refractivity (Wildman–Crippen MR) is 122 cm³/mol. The zero-order valence-corrected chi connectivity index (χ0v) is 18.1. The topological polar surface area (TPSA) is 79.3 Å². The summed E-state index contributed by atoms with van der Waals surface area (Å²) in [4.78, 5) is 28.3. The molecule has 0 radical (unpaired) electrons. The molecule has 0 aliphatic carbocycles. The molecule has 3 aromatic rings. The lowest BCUT2D eigenvalue weighted by atomic mass is 10.0. The highest BCUT2D eigenvalue weighted by Gasteiger charge is 2.13. The molecule has 0 atom stereocenters. The molecule has 1 amide bonds. The molecule has 0 spiro atoms. The van der Waals surface area contributed by atoms with Crippen molar-refractivity contribution in [1.29, 1.82) is 0 Å². The van der Waals surface area contributed by atoms with E-state index in [2.05, 4.69) is 24.1 Å². The standard InChI is InChI=1S/C23H21ClN2O3S/c1-14(2)21-22(24)30-20(26-21)11-10-15-6-5-8-17(12-15)25-19(27)13-16-7-3-4-9-18(16)23(28)29/h3-12,14H,13H2,1-2H3,(H,25,27)(H,28,29). The molecule has 0 aliphatic rings. The van der Waals surface area contributed by atoms with E-state index in [0.717, 1.165) is 16.3 Å². The molecule has 30 heavy (non-hydrogen) atoms. The average molecular weight is 441 g/mol. The highest BCUT2D eigenvalue weighted by molar-refractivity contribution is 7.16. The van der Waals surface area contributed by atoms with Crippen molar-refractivity contribution >= 4 is 52.7 Å². The molecule has 0 saturated carbocycles. The number of nitrogens with zero attached hydrogens (tertiary/aromatic N) is 1. The van der Waals surface area contributed by atoms with Gasteiger partial charge < -0.3 is 10.4 Å². The van der Waals surface area contributed by atoms with Gasteiger partial charge in [-0.3, -0.25) is 4.79 Å². The molecule has 7 heteroatoms. The number of carbonyl (C=O) groups excluding carboxylic acids is 1. The van der Waals surface area contributed by atoms with Crippen LogP contribution in [0.1, 0.15) is 52.0 Å². The smallest absolute Gasteiger partial charge is 0.335 e. The summed E-state index contributed by atoms with van der Waals surface area (Å²) in [6.45, 7) is 4.10. The van der Waals surface area contributed by atoms with Crippen LogP contribution in [0, 0.1) is 0 Å². The third kappa shape index (κ3) is 5.55. The number of hydrogen-bond donors (Lipinski definition) is 2. The molecule has 5 nitrogen and oxygen atoms in total. The molecular weight excluding hydrogens is 420 g/mol. The number of halogens is 1. The minimum Gasteiger partial charge on any atom is -0.478 e. The number of carboxylic acid groups (broad SMARTS) is 1. The van der Waals surface area contributed by atoms with E-state index in [1.165, 1.54) is 17.4 Å². The van der Waals surface area contributed by atoms with Gasteiger partial charge in [0.2, 0.25) is 5.91 Å². The number of nitrogens with one attached hydrogen (secondary N) is 1. The van der Waals surface area contributed by atoms with Crippen LogP contribution in [0.5, 0.6) is 0 Å². The molecule has 3 rings (SSSR count). The highest BCUT2D eigenvalue weighted by Crippen LogP contribution is 2.30. The SMILES string of the molecule is CC(C)c1nc(C=Cc2cccc(NC(=O)Cc3ccccc3C(=O)O)c2)sc1Cl. The summed E-state index contributed by atoms with van der Waals surface area (Å²) in [7, 11) is 0. The number of carbonyl (C=O) groups is 2. The number of benzene rings is 2. The summed E-state index contributed by atoms with van der Waals surface area (Å²) in [6, 6.07) is 13.9. The van der Waals surface area contributed by atoms with Crippen molar-refractivity contribution in [1.82, 2.24) is 4.98 Å². The number of amides is 1. The van der Waals surface area contributed by atoms with Crippen LogP contribution in [0.2, 0.25) is 4.34 Å². The summed E-state index contributed by atoms with van der Waals surface area (Å²) in [5.74, 6) is -1.06. The minimum atomic E-state index is -1.05. The lowest BCUT2D eigenvalue weighted by Gasteiger charge is -2.08. The van der Waals surface area contributed by atoms with Crippen LogP contribution in [0.3, 0.4) is 0 Å². The van der Waals surface area contributed by atoms with Gasteiger partial charge in [-0.25, -0.2) is 9.78 Å². The van der Waals surface area contributed by atoms with Crippen LogP contribution in [-0.4, -0.2) is 22.0 Å². The first-order valence-electron chi connectivity index (χ1n) is 9.39. The van der Waals surface area contributed by atoms with Crippen molar-refractivity contribution in [3.05, 3.63) is 80.3 Å². The monoisotopic (exact) mass is 440 g/mol. The second-order valence-corrected chi connectivity index (χ2v) is 8.64. The molecule has 0 unspecified atom stereocenters. The highest BCUT2D eigenvalue weighted by atomic mass is 35.5. The number of rotatable bonds is 7. The first-order valence-corrected chi connectivity index (χ1v) is 10.6. The summed E-state index contributed by atoms with van der Waals surface area (Å²) in [5.41, 5.74) is 3.03. The van der Waals surface area contributed by atoms with Gasteiger partial charge >= 0.3 is 5.97 Å². The maximum absolute atomic E-state index is 12.4. The van der Waals surface area contributed by atoms with E-state index in [1.54, 1.807) is 24.3 Å². The van der Waals surface area contributed by atoms with Crippen molar-refractivity contribution in [2.45, 2.75) is 26.2 Å². The quantitative estimate of drug-likeness (QED) is 0.474. The Hall–Kier alpha value is -2.96. The Balaban J connectivity index is 1.69. The van der Waals surface area contributed by atoms with E-state index in [4.69, 9.17) is 11.6 Å². The van der Waals surface area contributed by atoms with Gasteiger partial charge in [0.05, 0.1) is 17.7 Å². The van der Waals surface area contributed by atoms with Crippen LogP contribution < -0.4 is 5.32 Å². The van der Waals surface area contributed by atoms with E-state index >= 15 is 0 Å². The third-order valence-electron chi connectivity index (χ3n) is 4.36. The van der Waals surface area contributed by atoms with E-state index in [0.29, 0.717) is 15.6 Å². The molecule has 1 heterocycles. The fourth-order valence-corrected chi connectivity index (χ4v) is 4.25. The Kier molecular flexibility index (Phi) is 7.03. The Labute approximate surface area is 184 Å². The van der Waals surface area contributed by atoms with Gasteiger partial charge in [0, 0.05) is 5.69 Å². The minimum absolute atomic E-state index is 0.0157. The zero-order chi connectivity index (χ0) is 21.7. The normalized spacial score (nSPS) is 11.2. The van der Waals surface area contributed by atoms with Crippen molar-refractivity contribution in [2.75, 3.05) is 5.32 Å². The van der Waals surface area contributed by atoms with Crippen molar-refractivity contribution < 1.29 is 14.7 Å². The summed E-state index contributed by atoms with van der Waals surface area (Å²) in [6.07, 6.45) is 3.79. The van der Waals surface area contributed by atoms with Gasteiger partial charge in [-0.1, -0.05) is 61.9 Å². The van der Waals surface area contributed by atoms with Crippen LogP contribution in [0.15, 0.2) is 48.5 Å². The Morgan fingerprint density at radius 2 is 1.93 bits per heavy atom. The number of hydrogen-bond acceptors (Lipinski definition) is 4. The molecule has 154 valence electrons. The van der Waals surface area contributed by atoms with Crippen LogP contribution in [0.4, 0.5) is 5.69 Å². The molecule has 0 fully saturated rings. The Morgan fingerprint density at radius 1 is 1.17 bits per heavy atom. The summed E-state index contributed by atoms with van der Waals surface area (Å²) >= 11 is 7.67. The van der Waals surface area contributed by atoms with Gasteiger partial charge in [0.1, 0.15) is 9.34 Å². The molecule has 0 saturated heterocycles. The molecule has 2 N–H and O–H groups in total. The van der Waals surface area contributed by atoms with E-state index in [-0.39, 0.29) is 23.8 Å². The first-order chi connectivity index (χ1) is 14.3. The van der Waals surface area contributed by atoms with E-state index in [1.807, 2.05) is 30.4 Å². The molecule has 0 bridgehead atoms. The van der Waals surface area contributed by atoms with Crippen LogP contribution in [-0.2, 0) is 11.2 Å². The van der Waals surface area contributed by atoms with Gasteiger partial charge in [0.15, 0.2) is 0 Å². The number of carboxylic acids is 1. The maximum atomic E-state index is 12.4. The van der Waals surface area contributed by atoms with Crippen LogP contribution in [0.25, 0.3) is 12.2 Å². The van der Waals surface area contributed by atoms with Gasteiger partial charge in [-0.2, -0.15) is 0 Å². The van der Waals surface area contributed by atoms with Gasteiger partial charge in [-0.05, 0) is 41.3 Å². The molecule has 0 aliphatic heterocycles. The van der Waals surface area contributed by atoms with Gasteiger partial charge in [-0.15, -0.1) is 11.3 Å². The fraction of sp³-hybridized carbons (Fsp3) is 0.174. The average Bonchev–Trinajstić information content (AvgIpc) is 3.08. The predicted octanol–water partition coefficient (Wildman–Crippen LogP) is 5.97. The number of aromatic carboxylic acids is 1. The second kappa shape index (κ2) is 9.69. The Morgan fingerprint density at radius 3 is 2.63 bits per heavy atom.